The van der Waals surface area contributed by atoms with Gasteiger partial charge in [0.15, 0.2) is 0 Å². The summed E-state index contributed by atoms with van der Waals surface area (Å²) >= 11 is 2.23. The van der Waals surface area contributed by atoms with Gasteiger partial charge in [0.1, 0.15) is 11.6 Å². The van der Waals surface area contributed by atoms with Crippen molar-refractivity contribution in [3.8, 4) is 5.75 Å². The molecule has 2 aromatic carbocycles. The first-order chi connectivity index (χ1) is 10.1. The van der Waals surface area contributed by atoms with E-state index in [-0.39, 0.29) is 5.97 Å². The Morgan fingerprint density at radius 2 is 1.95 bits per heavy atom. The highest BCUT2D eigenvalue weighted by Gasteiger charge is 2.05. The Bertz CT molecular complexity index is 669. The van der Waals surface area contributed by atoms with Crippen LogP contribution in [0.4, 0.5) is 5.69 Å². The summed E-state index contributed by atoms with van der Waals surface area (Å²) in [5.74, 6) is 6.11. The Morgan fingerprint density at radius 3 is 2.57 bits per heavy atom. The van der Waals surface area contributed by atoms with E-state index in [2.05, 4.69) is 33.0 Å². The van der Waals surface area contributed by atoms with Gasteiger partial charge in [-0.25, -0.2) is 10.8 Å². The second kappa shape index (κ2) is 7.19. The van der Waals surface area contributed by atoms with Crippen molar-refractivity contribution < 1.29 is 9.53 Å². The summed E-state index contributed by atoms with van der Waals surface area (Å²) in [6.07, 6.45) is 0. The lowest BCUT2D eigenvalue weighted by Gasteiger charge is -2.08. The summed E-state index contributed by atoms with van der Waals surface area (Å²) in [5, 5.41) is 0. The summed E-state index contributed by atoms with van der Waals surface area (Å²) < 4.78 is 6.18. The molecule has 0 spiro atoms. The first-order valence-electron chi connectivity index (χ1n) is 6.18. The molecule has 0 saturated carbocycles. The monoisotopic (exact) mass is 395 g/mol. The number of hydrogen-bond donors (Lipinski definition) is 2. The number of rotatable bonds is 3. The average molecular weight is 395 g/mol. The number of carbonyl (C=O) groups excluding carboxylic acids is 1. The van der Waals surface area contributed by atoms with Gasteiger partial charge in [0.25, 0.3) is 0 Å². The van der Waals surface area contributed by atoms with E-state index in [4.69, 9.17) is 10.6 Å². The van der Waals surface area contributed by atoms with Crippen LogP contribution >= 0.6 is 22.6 Å². The molecule has 0 aliphatic carbocycles. The molecule has 2 rings (SSSR count). The van der Waals surface area contributed by atoms with E-state index in [0.29, 0.717) is 11.6 Å². The van der Waals surface area contributed by atoms with Gasteiger partial charge < -0.3 is 10.2 Å². The number of aliphatic imine (C=N–C) groups is 1. The van der Waals surface area contributed by atoms with Crippen LogP contribution in [0.3, 0.4) is 0 Å². The summed E-state index contributed by atoms with van der Waals surface area (Å²) in [6, 6.07) is 14.7. The molecular formula is C15H14IN3O2. The highest BCUT2D eigenvalue weighted by molar-refractivity contribution is 14.1. The molecule has 3 N–H and O–H groups in total. The molecule has 108 valence electrons. The highest BCUT2D eigenvalue weighted by Crippen LogP contribution is 2.18. The maximum Gasteiger partial charge on any atom is 0.308 e. The number of hydrazine groups is 1. The number of esters is 1. The highest BCUT2D eigenvalue weighted by atomic mass is 127. The van der Waals surface area contributed by atoms with Gasteiger partial charge in [-0.15, -0.1) is 0 Å². The van der Waals surface area contributed by atoms with E-state index < -0.39 is 0 Å². The zero-order valence-corrected chi connectivity index (χ0v) is 13.5. The molecule has 21 heavy (non-hydrogen) atoms. The van der Waals surface area contributed by atoms with Crippen molar-refractivity contribution in [2.45, 2.75) is 6.92 Å². The Balaban J connectivity index is 2.32. The molecule has 5 nitrogen and oxygen atoms in total. The van der Waals surface area contributed by atoms with Crippen molar-refractivity contribution in [2.75, 3.05) is 0 Å². The number of halogens is 1. The molecule has 2 aromatic rings. The summed E-state index contributed by atoms with van der Waals surface area (Å²) in [7, 11) is 0. The molecule has 6 heteroatoms. The number of nitrogens with two attached hydrogens (primary N) is 1. The number of carbonyl (C=O) groups is 1. The fourth-order valence-electron chi connectivity index (χ4n) is 1.70. The lowest BCUT2D eigenvalue weighted by molar-refractivity contribution is -0.131. The van der Waals surface area contributed by atoms with Crippen LogP contribution in [0.1, 0.15) is 12.5 Å². The number of nitrogens with one attached hydrogen (secondary N) is 1. The van der Waals surface area contributed by atoms with Crippen molar-refractivity contribution in [2.24, 2.45) is 10.8 Å². The molecule has 0 aliphatic heterocycles. The molecule has 0 amide bonds. The molecule has 0 aliphatic rings. The summed E-state index contributed by atoms with van der Waals surface area (Å²) in [4.78, 5) is 15.4. The first-order valence-corrected chi connectivity index (χ1v) is 7.26. The van der Waals surface area contributed by atoms with Crippen LogP contribution in [0.2, 0.25) is 0 Å². The van der Waals surface area contributed by atoms with Crippen molar-refractivity contribution in [1.29, 1.82) is 0 Å². The Hall–Kier alpha value is -1.93. The number of benzene rings is 2. The third-order valence-electron chi connectivity index (χ3n) is 2.57. The quantitative estimate of drug-likeness (QED) is 0.159. The van der Waals surface area contributed by atoms with Gasteiger partial charge in [-0.05, 0) is 59.0 Å². The minimum absolute atomic E-state index is 0.371. The molecule has 0 radical (unpaired) electrons. The smallest absolute Gasteiger partial charge is 0.308 e. The van der Waals surface area contributed by atoms with E-state index >= 15 is 0 Å². The van der Waals surface area contributed by atoms with Crippen LogP contribution in [-0.4, -0.2) is 11.8 Å². The van der Waals surface area contributed by atoms with Gasteiger partial charge in [-0.3, -0.25) is 4.79 Å². The zero-order valence-electron chi connectivity index (χ0n) is 11.3. The van der Waals surface area contributed by atoms with Crippen LogP contribution < -0.4 is 16.0 Å². The van der Waals surface area contributed by atoms with E-state index in [1.807, 2.05) is 30.3 Å². The van der Waals surface area contributed by atoms with Crippen molar-refractivity contribution >= 4 is 40.1 Å². The van der Waals surface area contributed by atoms with E-state index in [0.717, 1.165) is 14.8 Å². The molecule has 0 heterocycles. The van der Waals surface area contributed by atoms with Crippen LogP contribution in [0, 0.1) is 3.57 Å². The predicted octanol–water partition coefficient (Wildman–Crippen LogP) is 2.76. The zero-order chi connectivity index (χ0) is 15.2. The molecular weight excluding hydrogens is 381 g/mol. The lowest BCUT2D eigenvalue weighted by Crippen LogP contribution is -2.30. The Morgan fingerprint density at radius 1 is 1.24 bits per heavy atom. The summed E-state index contributed by atoms with van der Waals surface area (Å²) in [6.45, 7) is 1.36. The average Bonchev–Trinajstić information content (AvgIpc) is 2.46. The van der Waals surface area contributed by atoms with Crippen LogP contribution in [-0.2, 0) is 4.79 Å². The number of amidine groups is 1. The minimum atomic E-state index is -0.371. The summed E-state index contributed by atoms with van der Waals surface area (Å²) in [5.41, 5.74) is 4.08. The van der Waals surface area contributed by atoms with Gasteiger partial charge >= 0.3 is 5.97 Å². The fourth-order valence-corrected chi connectivity index (χ4v) is 2.06. The maximum absolute atomic E-state index is 11.0. The standard InChI is InChI=1S/C15H14IN3O2/c1-10(20)21-14-4-2-3-11(9-14)15(19-17)18-13-7-5-12(16)6-8-13/h2-9H,17H2,1H3,(H,18,19). The molecule has 0 bridgehead atoms. The van der Waals surface area contributed by atoms with E-state index in [1.54, 1.807) is 18.2 Å². The van der Waals surface area contributed by atoms with Crippen molar-refractivity contribution in [3.63, 3.8) is 0 Å². The number of hydrogen-bond acceptors (Lipinski definition) is 4. The minimum Gasteiger partial charge on any atom is -0.427 e. The van der Waals surface area contributed by atoms with Gasteiger partial charge in [-0.2, -0.15) is 0 Å². The molecule has 0 aromatic heterocycles. The number of nitrogens with zero attached hydrogens (tertiary/aromatic N) is 1. The fraction of sp³-hybridized carbons (Fsp3) is 0.0667. The molecule has 0 saturated heterocycles. The Labute approximate surface area is 136 Å². The second-order valence-corrected chi connectivity index (χ2v) is 5.45. The molecule has 0 unspecified atom stereocenters. The second-order valence-electron chi connectivity index (χ2n) is 4.20. The van der Waals surface area contributed by atoms with Gasteiger partial charge in [0, 0.05) is 16.1 Å². The van der Waals surface area contributed by atoms with Crippen LogP contribution in [0.15, 0.2) is 53.5 Å². The van der Waals surface area contributed by atoms with E-state index in [1.165, 1.54) is 6.92 Å². The number of ether oxygens (including phenoxy) is 1. The normalized spacial score (nSPS) is 11.1. The van der Waals surface area contributed by atoms with Gasteiger partial charge in [-0.1, -0.05) is 12.1 Å². The predicted molar refractivity (Wildman–Crippen MR) is 90.4 cm³/mol. The maximum atomic E-state index is 11.0. The van der Waals surface area contributed by atoms with Crippen molar-refractivity contribution in [3.05, 3.63) is 57.7 Å². The third-order valence-corrected chi connectivity index (χ3v) is 3.29. The van der Waals surface area contributed by atoms with Crippen LogP contribution in [0.25, 0.3) is 0 Å². The molecule has 0 atom stereocenters. The van der Waals surface area contributed by atoms with Gasteiger partial charge in [0.2, 0.25) is 0 Å². The third kappa shape index (κ3) is 4.54. The van der Waals surface area contributed by atoms with Gasteiger partial charge in [0.05, 0.1) is 5.69 Å². The molecule has 0 fully saturated rings. The SMILES string of the molecule is CC(=O)Oc1cccc(C(=Nc2ccc(I)cc2)NN)c1. The lowest BCUT2D eigenvalue weighted by atomic mass is 10.2. The first kappa shape index (κ1) is 15.5. The van der Waals surface area contributed by atoms with E-state index in [9.17, 15) is 4.79 Å². The largest absolute Gasteiger partial charge is 0.427 e. The Kier molecular flexibility index (Phi) is 5.29. The van der Waals surface area contributed by atoms with Crippen molar-refractivity contribution in [1.82, 2.24) is 5.43 Å². The topological polar surface area (TPSA) is 76.7 Å². The van der Waals surface area contributed by atoms with Crippen LogP contribution in [0.5, 0.6) is 5.75 Å².